The summed E-state index contributed by atoms with van der Waals surface area (Å²) in [5.41, 5.74) is 5.28. The molecule has 0 rings (SSSR count). The van der Waals surface area contributed by atoms with Gasteiger partial charge in [-0.1, -0.05) is 13.8 Å². The van der Waals surface area contributed by atoms with Crippen LogP contribution in [0.1, 0.15) is 20.3 Å². The van der Waals surface area contributed by atoms with Crippen molar-refractivity contribution in [2.75, 3.05) is 13.2 Å². The molecule has 0 amide bonds. The average molecular weight is 133 g/mol. The van der Waals surface area contributed by atoms with Crippen LogP contribution >= 0.6 is 0 Å². The standard InChI is InChI=1S/C7H16FN/c1-6(2)7(5-8)3-4-9/h6-7H,3-5,9H2,1-2H3. The van der Waals surface area contributed by atoms with Crippen molar-refractivity contribution >= 4 is 0 Å². The number of halogens is 1. The van der Waals surface area contributed by atoms with Gasteiger partial charge in [0.05, 0.1) is 6.67 Å². The number of nitrogens with two attached hydrogens (primary N) is 1. The molecular formula is C7H16FN. The Labute approximate surface area is 56.4 Å². The van der Waals surface area contributed by atoms with E-state index < -0.39 is 0 Å². The minimum Gasteiger partial charge on any atom is -0.330 e. The molecule has 2 heteroatoms. The molecule has 0 aliphatic carbocycles. The van der Waals surface area contributed by atoms with Gasteiger partial charge in [0.25, 0.3) is 0 Å². The number of hydrogen-bond donors (Lipinski definition) is 1. The van der Waals surface area contributed by atoms with Crippen molar-refractivity contribution in [1.29, 1.82) is 0 Å². The van der Waals surface area contributed by atoms with Gasteiger partial charge in [0.2, 0.25) is 0 Å². The molecule has 0 aromatic heterocycles. The maximum Gasteiger partial charge on any atom is 0.0925 e. The lowest BCUT2D eigenvalue weighted by Crippen LogP contribution is -2.15. The molecule has 0 bridgehead atoms. The van der Waals surface area contributed by atoms with Gasteiger partial charge in [0, 0.05) is 0 Å². The summed E-state index contributed by atoms with van der Waals surface area (Å²) in [6, 6.07) is 0. The number of alkyl halides is 1. The summed E-state index contributed by atoms with van der Waals surface area (Å²) in [7, 11) is 0. The van der Waals surface area contributed by atoms with Crippen LogP contribution in [0, 0.1) is 11.8 Å². The highest BCUT2D eigenvalue weighted by molar-refractivity contribution is 4.61. The second kappa shape index (κ2) is 4.74. The summed E-state index contributed by atoms with van der Waals surface area (Å²) in [5, 5.41) is 0. The predicted molar refractivity (Wildman–Crippen MR) is 38.0 cm³/mol. The van der Waals surface area contributed by atoms with Crippen LogP contribution in [-0.4, -0.2) is 13.2 Å². The first-order chi connectivity index (χ1) is 4.22. The molecule has 1 nitrogen and oxygen atoms in total. The lowest BCUT2D eigenvalue weighted by molar-refractivity contribution is 0.276. The zero-order valence-corrected chi connectivity index (χ0v) is 6.23. The second-order valence-corrected chi connectivity index (χ2v) is 2.74. The Bertz CT molecular complexity index is 63.9. The molecular weight excluding hydrogens is 117 g/mol. The zero-order valence-electron chi connectivity index (χ0n) is 6.23. The topological polar surface area (TPSA) is 26.0 Å². The number of hydrogen-bond acceptors (Lipinski definition) is 1. The molecule has 9 heavy (non-hydrogen) atoms. The van der Waals surface area contributed by atoms with Crippen LogP contribution in [0.2, 0.25) is 0 Å². The van der Waals surface area contributed by atoms with E-state index in [1.807, 2.05) is 13.8 Å². The molecule has 0 aliphatic heterocycles. The van der Waals surface area contributed by atoms with Gasteiger partial charge in [0.1, 0.15) is 0 Å². The maximum atomic E-state index is 12.0. The summed E-state index contributed by atoms with van der Waals surface area (Å²) in [6.07, 6.45) is 0.814. The van der Waals surface area contributed by atoms with Crippen molar-refractivity contribution in [3.63, 3.8) is 0 Å². The van der Waals surface area contributed by atoms with Crippen LogP contribution in [0.15, 0.2) is 0 Å². The third-order valence-corrected chi connectivity index (χ3v) is 1.68. The summed E-state index contributed by atoms with van der Waals surface area (Å²) in [5.74, 6) is 0.605. The normalized spacial score (nSPS) is 14.3. The maximum absolute atomic E-state index is 12.0. The fraction of sp³-hybridized carbons (Fsp3) is 1.00. The minimum absolute atomic E-state index is 0.176. The largest absolute Gasteiger partial charge is 0.330 e. The Kier molecular flexibility index (Phi) is 4.68. The van der Waals surface area contributed by atoms with E-state index in [0.29, 0.717) is 12.5 Å². The van der Waals surface area contributed by atoms with Gasteiger partial charge >= 0.3 is 0 Å². The van der Waals surface area contributed by atoms with Crippen LogP contribution in [0.4, 0.5) is 4.39 Å². The summed E-state index contributed by atoms with van der Waals surface area (Å²) in [4.78, 5) is 0. The Morgan fingerprint density at radius 3 is 2.11 bits per heavy atom. The van der Waals surface area contributed by atoms with Crippen molar-refractivity contribution < 1.29 is 4.39 Å². The molecule has 1 unspecified atom stereocenters. The van der Waals surface area contributed by atoms with E-state index in [-0.39, 0.29) is 12.6 Å². The van der Waals surface area contributed by atoms with Crippen LogP contribution < -0.4 is 5.73 Å². The molecule has 0 heterocycles. The van der Waals surface area contributed by atoms with Gasteiger partial charge in [-0.25, -0.2) is 0 Å². The Morgan fingerprint density at radius 1 is 1.44 bits per heavy atom. The average Bonchev–Trinajstić information content (AvgIpc) is 1.82. The van der Waals surface area contributed by atoms with E-state index in [1.165, 1.54) is 0 Å². The quantitative estimate of drug-likeness (QED) is 0.619. The fourth-order valence-corrected chi connectivity index (χ4v) is 0.803. The molecule has 0 radical (unpaired) electrons. The third kappa shape index (κ3) is 3.46. The van der Waals surface area contributed by atoms with E-state index in [9.17, 15) is 4.39 Å². The van der Waals surface area contributed by atoms with Gasteiger partial charge < -0.3 is 5.73 Å². The highest BCUT2D eigenvalue weighted by Crippen LogP contribution is 2.14. The van der Waals surface area contributed by atoms with Crippen molar-refractivity contribution in [2.45, 2.75) is 20.3 Å². The molecule has 56 valence electrons. The van der Waals surface area contributed by atoms with Crippen molar-refractivity contribution in [3.8, 4) is 0 Å². The Hall–Kier alpha value is -0.110. The van der Waals surface area contributed by atoms with E-state index in [0.717, 1.165) is 6.42 Å². The van der Waals surface area contributed by atoms with Gasteiger partial charge in [-0.05, 0) is 24.8 Å². The molecule has 0 aliphatic rings. The molecule has 0 aromatic rings. The van der Waals surface area contributed by atoms with Gasteiger partial charge in [-0.3, -0.25) is 4.39 Å². The van der Waals surface area contributed by atoms with Crippen LogP contribution in [0.25, 0.3) is 0 Å². The Balaban J connectivity index is 3.41. The van der Waals surface area contributed by atoms with Crippen molar-refractivity contribution in [3.05, 3.63) is 0 Å². The van der Waals surface area contributed by atoms with Crippen LogP contribution in [-0.2, 0) is 0 Å². The van der Waals surface area contributed by atoms with Gasteiger partial charge in [-0.15, -0.1) is 0 Å². The molecule has 1 atom stereocenters. The molecule has 0 aromatic carbocycles. The molecule has 2 N–H and O–H groups in total. The minimum atomic E-state index is -0.227. The molecule has 0 saturated carbocycles. The number of rotatable bonds is 4. The zero-order chi connectivity index (χ0) is 7.28. The van der Waals surface area contributed by atoms with E-state index >= 15 is 0 Å². The van der Waals surface area contributed by atoms with Crippen molar-refractivity contribution in [2.24, 2.45) is 17.6 Å². The van der Waals surface area contributed by atoms with E-state index in [2.05, 4.69) is 0 Å². The van der Waals surface area contributed by atoms with Crippen LogP contribution in [0.5, 0.6) is 0 Å². The first kappa shape index (κ1) is 8.89. The highest BCUT2D eigenvalue weighted by atomic mass is 19.1. The van der Waals surface area contributed by atoms with Gasteiger partial charge in [-0.2, -0.15) is 0 Å². The Morgan fingerprint density at radius 2 is 2.00 bits per heavy atom. The highest BCUT2D eigenvalue weighted by Gasteiger charge is 2.10. The lowest BCUT2D eigenvalue weighted by atomic mass is 9.94. The van der Waals surface area contributed by atoms with E-state index in [4.69, 9.17) is 5.73 Å². The van der Waals surface area contributed by atoms with Gasteiger partial charge in [0.15, 0.2) is 0 Å². The summed E-state index contributed by atoms with van der Waals surface area (Å²) < 4.78 is 12.0. The summed E-state index contributed by atoms with van der Waals surface area (Å²) >= 11 is 0. The van der Waals surface area contributed by atoms with E-state index in [1.54, 1.807) is 0 Å². The van der Waals surface area contributed by atoms with Crippen LogP contribution in [0.3, 0.4) is 0 Å². The lowest BCUT2D eigenvalue weighted by Gasteiger charge is -2.14. The smallest absolute Gasteiger partial charge is 0.0925 e. The molecule has 0 saturated heterocycles. The summed E-state index contributed by atoms with van der Waals surface area (Å²) in [6.45, 7) is 4.43. The monoisotopic (exact) mass is 133 g/mol. The second-order valence-electron chi connectivity index (χ2n) is 2.74. The molecule has 0 spiro atoms. The first-order valence-corrected chi connectivity index (χ1v) is 3.48. The molecule has 0 fully saturated rings. The predicted octanol–water partition coefficient (Wildman–Crippen LogP) is 1.58. The third-order valence-electron chi connectivity index (χ3n) is 1.68. The van der Waals surface area contributed by atoms with Crippen molar-refractivity contribution in [1.82, 2.24) is 0 Å². The SMILES string of the molecule is CC(C)C(CF)CCN. The first-order valence-electron chi connectivity index (χ1n) is 3.48. The fourth-order valence-electron chi connectivity index (χ4n) is 0.803.